The fourth-order valence-corrected chi connectivity index (χ4v) is 4.17. The summed E-state index contributed by atoms with van der Waals surface area (Å²) in [6.45, 7) is 0. The predicted octanol–water partition coefficient (Wildman–Crippen LogP) is 4.79. The van der Waals surface area contributed by atoms with Gasteiger partial charge in [0.2, 0.25) is 0 Å². The van der Waals surface area contributed by atoms with E-state index in [1.165, 1.54) is 28.8 Å². The summed E-state index contributed by atoms with van der Waals surface area (Å²) in [5.41, 5.74) is 2.31. The van der Waals surface area contributed by atoms with Crippen molar-refractivity contribution in [1.82, 2.24) is 4.57 Å². The van der Waals surface area contributed by atoms with Crippen molar-refractivity contribution in [3.63, 3.8) is 0 Å². The molecule has 2 heterocycles. The van der Waals surface area contributed by atoms with E-state index in [0.717, 1.165) is 17.1 Å². The van der Waals surface area contributed by atoms with Crippen molar-refractivity contribution in [2.24, 2.45) is 0 Å². The van der Waals surface area contributed by atoms with Gasteiger partial charge in [-0.2, -0.15) is 0 Å². The van der Waals surface area contributed by atoms with Gasteiger partial charge in [-0.25, -0.2) is 0 Å². The number of rotatable bonds is 4. The van der Waals surface area contributed by atoms with Gasteiger partial charge in [0.05, 0.1) is 15.5 Å². The average Bonchev–Trinajstić information content (AvgIpc) is 3.27. The molecule has 0 N–H and O–H groups in total. The largest absolute Gasteiger partial charge is 0.317 e. The fraction of sp³-hybridized carbons (Fsp3) is 0. The van der Waals surface area contributed by atoms with E-state index in [0.29, 0.717) is 9.23 Å². The first kappa shape index (κ1) is 18.1. The highest BCUT2D eigenvalue weighted by atomic mass is 32.2. The Hall–Kier alpha value is -3.23. The standard InChI is InChI=1S/C20H13N3O3S2/c24-19-18(28-20(27)22(19)15-5-2-1-3-6-15)13-17-7-4-12-21(17)14-8-10-16(11-9-14)23(25)26/h1-13H/b18-13-. The topological polar surface area (TPSA) is 68.4 Å². The minimum absolute atomic E-state index is 0.0289. The molecule has 0 saturated carbocycles. The Kier molecular flexibility index (Phi) is 4.81. The zero-order valence-electron chi connectivity index (χ0n) is 14.4. The van der Waals surface area contributed by atoms with Crippen molar-refractivity contribution in [3.8, 4) is 5.69 Å². The number of nitro groups is 1. The Labute approximate surface area is 170 Å². The summed E-state index contributed by atoms with van der Waals surface area (Å²) >= 11 is 6.65. The van der Waals surface area contributed by atoms with E-state index in [-0.39, 0.29) is 11.6 Å². The summed E-state index contributed by atoms with van der Waals surface area (Å²) in [5, 5.41) is 10.8. The van der Waals surface area contributed by atoms with Crippen molar-refractivity contribution in [2.45, 2.75) is 0 Å². The number of thiocarbonyl (C=S) groups is 1. The van der Waals surface area contributed by atoms with E-state index in [2.05, 4.69) is 0 Å². The van der Waals surface area contributed by atoms with Crippen molar-refractivity contribution >= 4 is 51.7 Å². The maximum Gasteiger partial charge on any atom is 0.270 e. The van der Waals surface area contributed by atoms with Gasteiger partial charge in [0, 0.05) is 29.7 Å². The summed E-state index contributed by atoms with van der Waals surface area (Å²) in [5.74, 6) is -0.169. The van der Waals surface area contributed by atoms with Gasteiger partial charge < -0.3 is 4.57 Å². The lowest BCUT2D eigenvalue weighted by Gasteiger charge is -2.13. The van der Waals surface area contributed by atoms with E-state index in [1.807, 2.05) is 53.2 Å². The molecule has 4 rings (SSSR count). The van der Waals surface area contributed by atoms with Gasteiger partial charge in [-0.1, -0.05) is 42.2 Å². The monoisotopic (exact) mass is 407 g/mol. The summed E-state index contributed by atoms with van der Waals surface area (Å²) in [6, 6.07) is 19.3. The first-order chi connectivity index (χ1) is 13.5. The Morgan fingerprint density at radius 3 is 2.36 bits per heavy atom. The van der Waals surface area contributed by atoms with Crippen molar-refractivity contribution in [2.75, 3.05) is 4.90 Å². The Morgan fingerprint density at radius 1 is 0.964 bits per heavy atom. The number of carbonyl (C=O) groups is 1. The van der Waals surface area contributed by atoms with Gasteiger partial charge in [-0.05, 0) is 42.5 Å². The van der Waals surface area contributed by atoms with Crippen LogP contribution in [0.4, 0.5) is 11.4 Å². The van der Waals surface area contributed by atoms with Gasteiger partial charge in [0.25, 0.3) is 11.6 Å². The van der Waals surface area contributed by atoms with Crippen LogP contribution < -0.4 is 4.90 Å². The lowest BCUT2D eigenvalue weighted by molar-refractivity contribution is -0.384. The van der Waals surface area contributed by atoms with Crippen LogP contribution in [-0.2, 0) is 4.79 Å². The summed E-state index contributed by atoms with van der Waals surface area (Å²) < 4.78 is 2.34. The minimum Gasteiger partial charge on any atom is -0.317 e. The first-order valence-electron chi connectivity index (χ1n) is 8.30. The molecule has 1 aromatic heterocycles. The molecule has 0 unspecified atom stereocenters. The first-order valence-corrected chi connectivity index (χ1v) is 9.52. The van der Waals surface area contributed by atoms with Crippen molar-refractivity contribution in [1.29, 1.82) is 0 Å². The summed E-state index contributed by atoms with van der Waals surface area (Å²) in [6.07, 6.45) is 3.62. The van der Waals surface area contributed by atoms with E-state index in [9.17, 15) is 14.9 Å². The number of hydrogen-bond acceptors (Lipinski definition) is 5. The van der Waals surface area contributed by atoms with Crippen molar-refractivity contribution in [3.05, 3.63) is 93.6 Å². The molecule has 0 bridgehead atoms. The molecular weight excluding hydrogens is 394 g/mol. The van der Waals surface area contributed by atoms with Gasteiger partial charge in [-0.15, -0.1) is 0 Å². The van der Waals surface area contributed by atoms with E-state index in [4.69, 9.17) is 12.2 Å². The molecule has 6 nitrogen and oxygen atoms in total. The molecule has 0 aliphatic carbocycles. The smallest absolute Gasteiger partial charge is 0.270 e. The lowest BCUT2D eigenvalue weighted by atomic mass is 10.2. The van der Waals surface area contributed by atoms with Crippen LogP contribution >= 0.6 is 24.0 Å². The number of benzene rings is 2. The molecule has 1 fully saturated rings. The van der Waals surface area contributed by atoms with Crippen LogP contribution in [0.25, 0.3) is 11.8 Å². The molecule has 28 heavy (non-hydrogen) atoms. The number of thioether (sulfide) groups is 1. The molecule has 1 amide bonds. The maximum atomic E-state index is 12.9. The highest BCUT2D eigenvalue weighted by Crippen LogP contribution is 2.36. The van der Waals surface area contributed by atoms with Gasteiger partial charge in [-0.3, -0.25) is 19.8 Å². The maximum absolute atomic E-state index is 12.9. The third-order valence-corrected chi connectivity index (χ3v) is 5.51. The molecule has 1 aliphatic rings. The highest BCUT2D eigenvalue weighted by Gasteiger charge is 2.33. The molecule has 138 valence electrons. The van der Waals surface area contributed by atoms with Crippen LogP contribution in [0, 0.1) is 10.1 Å². The van der Waals surface area contributed by atoms with Crippen LogP contribution in [0.1, 0.15) is 5.69 Å². The number of aromatic nitrogens is 1. The predicted molar refractivity (Wildman–Crippen MR) is 115 cm³/mol. The van der Waals surface area contributed by atoms with Crippen LogP contribution in [0.5, 0.6) is 0 Å². The normalized spacial score (nSPS) is 15.4. The van der Waals surface area contributed by atoms with E-state index in [1.54, 1.807) is 18.2 Å². The molecule has 1 aliphatic heterocycles. The van der Waals surface area contributed by atoms with Gasteiger partial charge >= 0.3 is 0 Å². The molecule has 1 saturated heterocycles. The second kappa shape index (κ2) is 7.41. The average molecular weight is 407 g/mol. The van der Waals surface area contributed by atoms with Crippen LogP contribution in [0.2, 0.25) is 0 Å². The quantitative estimate of drug-likeness (QED) is 0.269. The zero-order chi connectivity index (χ0) is 19.7. The number of para-hydroxylation sites is 1. The number of anilines is 1. The minimum atomic E-state index is -0.435. The molecule has 2 aromatic carbocycles. The SMILES string of the molecule is O=C1/C(=C/c2cccn2-c2ccc([N+](=O)[O-])cc2)SC(=S)N1c1ccccc1. The molecular formula is C20H13N3O3S2. The third kappa shape index (κ3) is 3.35. The molecule has 0 atom stereocenters. The Balaban J connectivity index is 1.66. The number of nitro benzene ring substituents is 1. The third-order valence-electron chi connectivity index (χ3n) is 4.21. The molecule has 3 aromatic rings. The Bertz CT molecular complexity index is 1110. The number of hydrogen-bond donors (Lipinski definition) is 0. The fourth-order valence-electron chi connectivity index (χ4n) is 2.88. The van der Waals surface area contributed by atoms with Crippen LogP contribution in [-0.4, -0.2) is 19.7 Å². The second-order valence-electron chi connectivity index (χ2n) is 5.93. The van der Waals surface area contributed by atoms with Crippen LogP contribution in [0.3, 0.4) is 0 Å². The lowest BCUT2D eigenvalue weighted by Crippen LogP contribution is -2.27. The van der Waals surface area contributed by atoms with Gasteiger partial charge in [0.1, 0.15) is 0 Å². The number of carbonyl (C=O) groups excluding carboxylic acids is 1. The van der Waals surface area contributed by atoms with E-state index < -0.39 is 4.92 Å². The number of amides is 1. The van der Waals surface area contributed by atoms with Crippen molar-refractivity contribution < 1.29 is 9.72 Å². The zero-order valence-corrected chi connectivity index (χ0v) is 16.0. The summed E-state index contributed by atoms with van der Waals surface area (Å²) in [4.78, 5) is 25.3. The Morgan fingerprint density at radius 2 is 1.68 bits per heavy atom. The van der Waals surface area contributed by atoms with Gasteiger partial charge in [0.15, 0.2) is 4.32 Å². The molecule has 8 heteroatoms. The number of nitrogens with zero attached hydrogens (tertiary/aromatic N) is 3. The second-order valence-corrected chi connectivity index (χ2v) is 7.60. The summed E-state index contributed by atoms with van der Waals surface area (Å²) in [7, 11) is 0. The highest BCUT2D eigenvalue weighted by molar-refractivity contribution is 8.27. The molecule has 0 radical (unpaired) electrons. The van der Waals surface area contributed by atoms with Crippen LogP contribution in [0.15, 0.2) is 77.8 Å². The van der Waals surface area contributed by atoms with E-state index >= 15 is 0 Å². The number of non-ortho nitro benzene ring substituents is 1. The molecule has 0 spiro atoms.